The Morgan fingerprint density at radius 1 is 1.44 bits per heavy atom. The zero-order chi connectivity index (χ0) is 13.3. The third-order valence-corrected chi connectivity index (χ3v) is 3.51. The predicted molar refractivity (Wildman–Crippen MR) is 76.9 cm³/mol. The number of benzene rings is 1. The van der Waals surface area contributed by atoms with Crippen molar-refractivity contribution in [3.8, 4) is 5.75 Å². The molecule has 0 spiro atoms. The molecule has 1 fully saturated rings. The maximum absolute atomic E-state index is 6.19. The van der Waals surface area contributed by atoms with Crippen LogP contribution in [0.4, 0.5) is 5.69 Å². The van der Waals surface area contributed by atoms with Crippen LogP contribution in [0, 0.1) is 0 Å². The average Bonchev–Trinajstić information content (AvgIpc) is 2.26. The Kier molecular flexibility index (Phi) is 3.74. The van der Waals surface area contributed by atoms with E-state index in [2.05, 4.69) is 37.1 Å². The summed E-state index contributed by atoms with van der Waals surface area (Å²) < 4.78 is 5.19. The van der Waals surface area contributed by atoms with Crippen LogP contribution in [0.1, 0.15) is 20.8 Å². The van der Waals surface area contributed by atoms with Gasteiger partial charge in [-0.15, -0.1) is 0 Å². The van der Waals surface area contributed by atoms with Gasteiger partial charge in [0.05, 0.1) is 12.1 Å². The van der Waals surface area contributed by atoms with Crippen molar-refractivity contribution < 1.29 is 4.74 Å². The summed E-state index contributed by atoms with van der Waals surface area (Å²) in [7, 11) is 1.64. The van der Waals surface area contributed by atoms with E-state index in [-0.39, 0.29) is 5.54 Å². The molecule has 100 valence electrons. The first-order valence-corrected chi connectivity index (χ1v) is 6.65. The molecule has 1 aromatic rings. The number of anilines is 1. The quantitative estimate of drug-likeness (QED) is 0.893. The summed E-state index contributed by atoms with van der Waals surface area (Å²) in [5, 5.41) is 4.26. The number of hydrogen-bond acceptors (Lipinski definition) is 3. The van der Waals surface area contributed by atoms with E-state index in [0.29, 0.717) is 11.1 Å². The number of nitrogens with one attached hydrogen (secondary N) is 1. The molecule has 18 heavy (non-hydrogen) atoms. The topological polar surface area (TPSA) is 24.5 Å². The van der Waals surface area contributed by atoms with E-state index in [4.69, 9.17) is 16.3 Å². The number of rotatable bonds is 2. The Labute approximate surface area is 114 Å². The molecule has 4 heteroatoms. The number of ether oxygens (including phenoxy) is 1. The fourth-order valence-electron chi connectivity index (χ4n) is 2.68. The van der Waals surface area contributed by atoms with Crippen molar-refractivity contribution >= 4 is 17.3 Å². The lowest BCUT2D eigenvalue weighted by atomic mass is 9.98. The van der Waals surface area contributed by atoms with Gasteiger partial charge in [-0.25, -0.2) is 0 Å². The van der Waals surface area contributed by atoms with Gasteiger partial charge >= 0.3 is 0 Å². The molecule has 1 aliphatic heterocycles. The molecular formula is C14H21ClN2O. The number of piperazine rings is 1. The van der Waals surface area contributed by atoms with E-state index in [0.717, 1.165) is 24.5 Å². The molecule has 1 unspecified atom stereocenters. The van der Waals surface area contributed by atoms with Crippen LogP contribution < -0.4 is 15.0 Å². The zero-order valence-corrected chi connectivity index (χ0v) is 12.2. The summed E-state index contributed by atoms with van der Waals surface area (Å²) >= 11 is 6.19. The van der Waals surface area contributed by atoms with Gasteiger partial charge in [-0.05, 0) is 39.0 Å². The highest BCUT2D eigenvalue weighted by Gasteiger charge is 2.29. The first-order valence-electron chi connectivity index (χ1n) is 6.27. The highest BCUT2D eigenvalue weighted by Crippen LogP contribution is 2.30. The van der Waals surface area contributed by atoms with Crippen molar-refractivity contribution in [2.45, 2.75) is 32.4 Å². The first kappa shape index (κ1) is 13.5. The standard InChI is InChI=1S/C14H21ClN2O/c1-10-8-17(9-14(2,3)16-10)11-5-6-13(18-4)12(15)7-11/h5-7,10,16H,8-9H2,1-4H3. The summed E-state index contributed by atoms with van der Waals surface area (Å²) in [5.74, 6) is 0.725. The van der Waals surface area contributed by atoms with Crippen molar-refractivity contribution in [1.82, 2.24) is 5.32 Å². The van der Waals surface area contributed by atoms with Gasteiger partial charge in [-0.3, -0.25) is 0 Å². The fraction of sp³-hybridized carbons (Fsp3) is 0.571. The molecule has 3 nitrogen and oxygen atoms in total. The summed E-state index contributed by atoms with van der Waals surface area (Å²) in [6, 6.07) is 6.44. The van der Waals surface area contributed by atoms with Crippen LogP contribution in [0.3, 0.4) is 0 Å². The fourth-order valence-corrected chi connectivity index (χ4v) is 2.93. The Bertz CT molecular complexity index is 434. The molecule has 1 aliphatic rings. The molecule has 0 radical (unpaired) electrons. The molecule has 1 N–H and O–H groups in total. The van der Waals surface area contributed by atoms with E-state index in [9.17, 15) is 0 Å². The molecule has 0 amide bonds. The minimum Gasteiger partial charge on any atom is -0.495 e. The second-order valence-electron chi connectivity index (χ2n) is 5.63. The number of nitrogens with zero attached hydrogens (tertiary/aromatic N) is 1. The molecular weight excluding hydrogens is 248 g/mol. The summed E-state index contributed by atoms with van der Waals surface area (Å²) in [4.78, 5) is 2.37. The van der Waals surface area contributed by atoms with Gasteiger partial charge in [0.15, 0.2) is 0 Å². The van der Waals surface area contributed by atoms with Gasteiger partial charge in [0.1, 0.15) is 5.75 Å². The molecule has 0 aliphatic carbocycles. The number of hydrogen-bond donors (Lipinski definition) is 1. The molecule has 1 saturated heterocycles. The van der Waals surface area contributed by atoms with E-state index in [1.807, 2.05) is 12.1 Å². The Morgan fingerprint density at radius 3 is 2.72 bits per heavy atom. The minimum atomic E-state index is 0.115. The van der Waals surface area contributed by atoms with Gasteiger partial charge in [0.25, 0.3) is 0 Å². The van der Waals surface area contributed by atoms with Crippen molar-refractivity contribution in [2.24, 2.45) is 0 Å². The van der Waals surface area contributed by atoms with Crippen LogP contribution in [-0.2, 0) is 0 Å². The van der Waals surface area contributed by atoms with Crippen molar-refractivity contribution in [3.05, 3.63) is 23.2 Å². The minimum absolute atomic E-state index is 0.115. The summed E-state index contributed by atoms with van der Waals surface area (Å²) in [5.41, 5.74) is 1.27. The van der Waals surface area contributed by atoms with Gasteiger partial charge in [-0.2, -0.15) is 0 Å². The van der Waals surface area contributed by atoms with Crippen molar-refractivity contribution in [1.29, 1.82) is 0 Å². The molecule has 0 aromatic heterocycles. The average molecular weight is 269 g/mol. The van der Waals surface area contributed by atoms with Crippen LogP contribution in [0.5, 0.6) is 5.75 Å². The van der Waals surface area contributed by atoms with E-state index < -0.39 is 0 Å². The maximum Gasteiger partial charge on any atom is 0.137 e. The largest absolute Gasteiger partial charge is 0.495 e. The summed E-state index contributed by atoms with van der Waals surface area (Å²) in [6.45, 7) is 8.62. The maximum atomic E-state index is 6.19. The zero-order valence-electron chi connectivity index (χ0n) is 11.5. The predicted octanol–water partition coefficient (Wildman–Crippen LogP) is 2.93. The lowest BCUT2D eigenvalue weighted by molar-refractivity contribution is 0.301. The third-order valence-electron chi connectivity index (χ3n) is 3.22. The molecule has 0 saturated carbocycles. The van der Waals surface area contributed by atoms with Gasteiger partial charge in [0.2, 0.25) is 0 Å². The van der Waals surface area contributed by atoms with Gasteiger partial charge < -0.3 is 15.0 Å². The highest BCUT2D eigenvalue weighted by atomic mass is 35.5. The van der Waals surface area contributed by atoms with Crippen LogP contribution >= 0.6 is 11.6 Å². The molecule has 1 heterocycles. The first-order chi connectivity index (χ1) is 8.41. The Hall–Kier alpha value is -0.930. The van der Waals surface area contributed by atoms with E-state index >= 15 is 0 Å². The molecule has 1 aromatic carbocycles. The normalized spacial score (nSPS) is 22.9. The highest BCUT2D eigenvalue weighted by molar-refractivity contribution is 6.32. The number of methoxy groups -OCH3 is 1. The Balaban J connectivity index is 2.23. The second-order valence-corrected chi connectivity index (χ2v) is 6.04. The summed E-state index contributed by atoms with van der Waals surface area (Å²) in [6.07, 6.45) is 0. The molecule has 2 rings (SSSR count). The van der Waals surface area contributed by atoms with Crippen molar-refractivity contribution in [3.63, 3.8) is 0 Å². The molecule has 1 atom stereocenters. The van der Waals surface area contributed by atoms with Crippen LogP contribution in [0.2, 0.25) is 5.02 Å². The SMILES string of the molecule is COc1ccc(N2CC(C)NC(C)(C)C2)cc1Cl. The van der Waals surface area contributed by atoms with Crippen LogP contribution in [0.15, 0.2) is 18.2 Å². The van der Waals surface area contributed by atoms with Gasteiger partial charge in [-0.1, -0.05) is 11.6 Å². The van der Waals surface area contributed by atoms with Crippen molar-refractivity contribution in [2.75, 3.05) is 25.1 Å². The smallest absolute Gasteiger partial charge is 0.137 e. The number of halogens is 1. The second kappa shape index (κ2) is 4.98. The van der Waals surface area contributed by atoms with E-state index in [1.54, 1.807) is 7.11 Å². The van der Waals surface area contributed by atoms with E-state index in [1.165, 1.54) is 0 Å². The molecule has 0 bridgehead atoms. The van der Waals surface area contributed by atoms with Crippen LogP contribution in [-0.4, -0.2) is 31.8 Å². The monoisotopic (exact) mass is 268 g/mol. The Morgan fingerprint density at radius 2 is 2.17 bits per heavy atom. The van der Waals surface area contributed by atoms with Crippen LogP contribution in [0.25, 0.3) is 0 Å². The lowest BCUT2D eigenvalue weighted by Crippen LogP contribution is -2.61. The van der Waals surface area contributed by atoms with Gasteiger partial charge in [0, 0.05) is 30.4 Å². The lowest BCUT2D eigenvalue weighted by Gasteiger charge is -2.44. The third kappa shape index (κ3) is 2.90.